The largest absolute Gasteiger partial charge is 0.421 e. The molecular weight excluding hydrogens is 266 g/mol. The van der Waals surface area contributed by atoms with Gasteiger partial charge in [0.1, 0.15) is 0 Å². The highest BCUT2D eigenvalue weighted by Gasteiger charge is 2.15. The van der Waals surface area contributed by atoms with Crippen LogP contribution < -0.4 is 5.32 Å². The molecule has 0 atom stereocenters. The minimum atomic E-state index is -0.224. The first kappa shape index (κ1) is 15.2. The Morgan fingerprint density at radius 1 is 1.29 bits per heavy atom. The molecule has 0 spiro atoms. The molecule has 5 nitrogen and oxygen atoms in total. The molecule has 0 aliphatic heterocycles. The lowest BCUT2D eigenvalue weighted by molar-refractivity contribution is -0.122. The molecule has 1 N–H and O–H groups in total. The normalized spacial score (nSPS) is 11.4. The fourth-order valence-electron chi connectivity index (χ4n) is 1.95. The molecule has 0 radical (unpaired) electrons. The van der Waals surface area contributed by atoms with E-state index in [1.54, 1.807) is 0 Å². The molecule has 2 rings (SSSR count). The number of benzene rings is 1. The van der Waals surface area contributed by atoms with E-state index in [-0.39, 0.29) is 11.4 Å². The number of rotatable bonds is 4. The number of hydrogen-bond acceptors (Lipinski definition) is 4. The van der Waals surface area contributed by atoms with Crippen LogP contribution in [0.1, 0.15) is 38.6 Å². The number of carbonyl (C=O) groups excluding carboxylic acids is 1. The molecule has 1 aromatic heterocycles. The van der Waals surface area contributed by atoms with E-state index in [0.29, 0.717) is 24.6 Å². The zero-order valence-electron chi connectivity index (χ0n) is 12.9. The Kier molecular flexibility index (Phi) is 4.40. The third-order valence-electron chi connectivity index (χ3n) is 2.81. The fraction of sp³-hybridized carbons (Fsp3) is 0.438. The molecule has 21 heavy (non-hydrogen) atoms. The van der Waals surface area contributed by atoms with Crippen LogP contribution in [-0.2, 0) is 11.2 Å². The van der Waals surface area contributed by atoms with E-state index in [0.717, 1.165) is 11.1 Å². The van der Waals surface area contributed by atoms with Crippen molar-refractivity contribution in [2.24, 2.45) is 0 Å². The minimum absolute atomic E-state index is 0.0159. The number of nitrogens with zero attached hydrogens (tertiary/aromatic N) is 2. The standard InChI is InChI=1S/C16H21N3O2/c1-11-6-5-7-12(10-11)15-19-18-14(21-15)9-8-13(20)17-16(2,3)4/h5-7,10H,8-9H2,1-4H3,(H,17,20). The summed E-state index contributed by atoms with van der Waals surface area (Å²) in [5.74, 6) is 0.957. The molecule has 0 unspecified atom stereocenters. The van der Waals surface area contributed by atoms with Crippen LogP contribution in [0.25, 0.3) is 11.5 Å². The zero-order chi connectivity index (χ0) is 15.5. The van der Waals surface area contributed by atoms with Gasteiger partial charge in [-0.05, 0) is 39.8 Å². The Balaban J connectivity index is 1.96. The molecule has 0 bridgehead atoms. The Bertz CT molecular complexity index is 626. The third kappa shape index (κ3) is 4.70. The van der Waals surface area contributed by atoms with Crippen molar-refractivity contribution in [1.82, 2.24) is 15.5 Å². The lowest BCUT2D eigenvalue weighted by Gasteiger charge is -2.20. The van der Waals surface area contributed by atoms with Gasteiger partial charge < -0.3 is 9.73 Å². The maximum absolute atomic E-state index is 11.8. The quantitative estimate of drug-likeness (QED) is 0.938. The molecule has 0 saturated heterocycles. The molecule has 1 amide bonds. The van der Waals surface area contributed by atoms with Crippen LogP contribution in [0.5, 0.6) is 0 Å². The molecule has 112 valence electrons. The molecule has 5 heteroatoms. The van der Waals surface area contributed by atoms with E-state index < -0.39 is 0 Å². The Morgan fingerprint density at radius 2 is 2.05 bits per heavy atom. The number of hydrogen-bond donors (Lipinski definition) is 1. The summed E-state index contributed by atoms with van der Waals surface area (Å²) >= 11 is 0. The van der Waals surface area contributed by atoms with Crippen LogP contribution in [0.15, 0.2) is 28.7 Å². The van der Waals surface area contributed by atoms with Gasteiger partial charge in [0.05, 0.1) is 0 Å². The molecule has 0 aliphatic carbocycles. The van der Waals surface area contributed by atoms with Crippen LogP contribution in [0.4, 0.5) is 0 Å². The van der Waals surface area contributed by atoms with Crippen LogP contribution >= 0.6 is 0 Å². The minimum Gasteiger partial charge on any atom is -0.421 e. The van der Waals surface area contributed by atoms with Gasteiger partial charge in [0.15, 0.2) is 0 Å². The van der Waals surface area contributed by atoms with E-state index in [2.05, 4.69) is 15.5 Å². The van der Waals surface area contributed by atoms with Crippen molar-refractivity contribution >= 4 is 5.91 Å². The smallest absolute Gasteiger partial charge is 0.247 e. The fourth-order valence-corrected chi connectivity index (χ4v) is 1.95. The molecule has 0 fully saturated rings. The van der Waals surface area contributed by atoms with Crippen molar-refractivity contribution in [3.8, 4) is 11.5 Å². The van der Waals surface area contributed by atoms with Crippen molar-refractivity contribution in [3.63, 3.8) is 0 Å². The lowest BCUT2D eigenvalue weighted by atomic mass is 10.1. The topological polar surface area (TPSA) is 68.0 Å². The van der Waals surface area contributed by atoms with E-state index in [9.17, 15) is 4.79 Å². The average molecular weight is 287 g/mol. The van der Waals surface area contributed by atoms with Gasteiger partial charge in [0.25, 0.3) is 0 Å². The second kappa shape index (κ2) is 6.08. The summed E-state index contributed by atoms with van der Waals surface area (Å²) in [6, 6.07) is 7.88. The predicted octanol–water partition coefficient (Wildman–Crippen LogP) is 2.89. The summed E-state index contributed by atoms with van der Waals surface area (Å²) in [6.45, 7) is 7.87. The van der Waals surface area contributed by atoms with Crippen LogP contribution in [0.3, 0.4) is 0 Å². The van der Waals surface area contributed by atoms with Gasteiger partial charge >= 0.3 is 0 Å². The average Bonchev–Trinajstić information content (AvgIpc) is 2.83. The van der Waals surface area contributed by atoms with Gasteiger partial charge in [-0.2, -0.15) is 0 Å². The van der Waals surface area contributed by atoms with Gasteiger partial charge in [-0.25, -0.2) is 0 Å². The molecule has 2 aromatic rings. The highest BCUT2D eigenvalue weighted by Crippen LogP contribution is 2.19. The Hall–Kier alpha value is -2.17. The van der Waals surface area contributed by atoms with Gasteiger partial charge in [-0.3, -0.25) is 4.79 Å². The van der Waals surface area contributed by atoms with Crippen molar-refractivity contribution in [3.05, 3.63) is 35.7 Å². The number of aryl methyl sites for hydroxylation is 2. The third-order valence-corrected chi connectivity index (χ3v) is 2.81. The molecular formula is C16H21N3O2. The van der Waals surface area contributed by atoms with Crippen molar-refractivity contribution in [2.45, 2.75) is 46.1 Å². The van der Waals surface area contributed by atoms with Gasteiger partial charge in [-0.1, -0.05) is 17.7 Å². The highest BCUT2D eigenvalue weighted by atomic mass is 16.4. The molecule has 0 saturated carbocycles. The summed E-state index contributed by atoms with van der Waals surface area (Å²) < 4.78 is 5.60. The first-order chi connectivity index (χ1) is 9.83. The number of amides is 1. The van der Waals surface area contributed by atoms with Crippen LogP contribution in [0, 0.1) is 6.92 Å². The number of aromatic nitrogens is 2. The van der Waals surface area contributed by atoms with Crippen LogP contribution in [0.2, 0.25) is 0 Å². The van der Waals surface area contributed by atoms with E-state index >= 15 is 0 Å². The monoisotopic (exact) mass is 287 g/mol. The molecule has 1 aromatic carbocycles. The summed E-state index contributed by atoms with van der Waals surface area (Å²) in [5.41, 5.74) is 1.81. The molecule has 0 aliphatic rings. The maximum atomic E-state index is 11.8. The van der Waals surface area contributed by atoms with Gasteiger partial charge in [0.2, 0.25) is 17.7 Å². The van der Waals surface area contributed by atoms with Gasteiger partial charge in [0, 0.05) is 23.9 Å². The Morgan fingerprint density at radius 3 is 2.71 bits per heavy atom. The van der Waals surface area contributed by atoms with Crippen LogP contribution in [-0.4, -0.2) is 21.6 Å². The lowest BCUT2D eigenvalue weighted by Crippen LogP contribution is -2.40. The summed E-state index contributed by atoms with van der Waals surface area (Å²) in [6.07, 6.45) is 0.785. The van der Waals surface area contributed by atoms with E-state index in [4.69, 9.17) is 4.42 Å². The summed E-state index contributed by atoms with van der Waals surface area (Å²) in [7, 11) is 0. The number of carbonyl (C=O) groups is 1. The van der Waals surface area contributed by atoms with E-state index in [1.165, 1.54) is 0 Å². The summed E-state index contributed by atoms with van der Waals surface area (Å²) in [5, 5.41) is 10.9. The first-order valence-electron chi connectivity index (χ1n) is 7.04. The maximum Gasteiger partial charge on any atom is 0.247 e. The van der Waals surface area contributed by atoms with Crippen molar-refractivity contribution in [1.29, 1.82) is 0 Å². The SMILES string of the molecule is Cc1cccc(-c2nnc(CCC(=O)NC(C)(C)C)o2)c1. The molecule has 1 heterocycles. The van der Waals surface area contributed by atoms with E-state index in [1.807, 2.05) is 52.0 Å². The second-order valence-electron chi connectivity index (χ2n) is 6.17. The summed E-state index contributed by atoms with van der Waals surface area (Å²) in [4.78, 5) is 11.8. The van der Waals surface area contributed by atoms with Crippen molar-refractivity contribution in [2.75, 3.05) is 0 Å². The second-order valence-corrected chi connectivity index (χ2v) is 6.17. The Labute approximate surface area is 124 Å². The van der Waals surface area contributed by atoms with Gasteiger partial charge in [-0.15, -0.1) is 10.2 Å². The number of nitrogens with one attached hydrogen (secondary N) is 1. The first-order valence-corrected chi connectivity index (χ1v) is 7.04. The highest BCUT2D eigenvalue weighted by molar-refractivity contribution is 5.76. The van der Waals surface area contributed by atoms with Crippen molar-refractivity contribution < 1.29 is 9.21 Å². The zero-order valence-corrected chi connectivity index (χ0v) is 12.9. The predicted molar refractivity (Wildman–Crippen MR) is 80.7 cm³/mol.